The summed E-state index contributed by atoms with van der Waals surface area (Å²) in [7, 11) is 3.91. The van der Waals surface area contributed by atoms with Crippen molar-refractivity contribution in [1.29, 1.82) is 0 Å². The molecular formula is C21H20N4O2. The van der Waals surface area contributed by atoms with E-state index in [-0.39, 0.29) is 0 Å². The molecule has 0 aromatic heterocycles. The molecule has 6 heteroatoms. The third-order valence-corrected chi connectivity index (χ3v) is 4.03. The molecule has 0 radical (unpaired) electrons. The van der Waals surface area contributed by atoms with Gasteiger partial charge in [-0.25, -0.2) is 5.43 Å². The lowest BCUT2D eigenvalue weighted by Gasteiger charge is -2.11. The molecule has 0 saturated carbocycles. The Hall–Kier alpha value is -3.67. The van der Waals surface area contributed by atoms with Crippen LogP contribution in [-0.2, 0) is 9.59 Å². The Balaban J connectivity index is 1.61. The largest absolute Gasteiger partial charge is 0.378 e. The predicted molar refractivity (Wildman–Crippen MR) is 109 cm³/mol. The summed E-state index contributed by atoms with van der Waals surface area (Å²) in [6.07, 6.45) is 1.49. The summed E-state index contributed by atoms with van der Waals surface area (Å²) in [4.78, 5) is 26.1. The van der Waals surface area contributed by atoms with Crippen LogP contribution in [0.3, 0.4) is 0 Å². The number of hydrazone groups is 1. The number of anilines is 2. The molecule has 136 valence electrons. The zero-order valence-corrected chi connectivity index (χ0v) is 15.1. The molecule has 0 aliphatic rings. The average molecular weight is 360 g/mol. The Morgan fingerprint density at radius 3 is 2.33 bits per heavy atom. The molecule has 3 rings (SSSR count). The SMILES string of the molecule is CN(C)c1ccc(/C=N/NC(=O)C(=O)Nc2cccc3ccccc23)cc1. The van der Waals surface area contributed by atoms with Crippen LogP contribution in [0.4, 0.5) is 11.4 Å². The highest BCUT2D eigenvalue weighted by atomic mass is 16.2. The highest BCUT2D eigenvalue weighted by molar-refractivity contribution is 6.40. The van der Waals surface area contributed by atoms with Crippen molar-refractivity contribution in [3.8, 4) is 0 Å². The van der Waals surface area contributed by atoms with Crippen LogP contribution in [0, 0.1) is 0 Å². The second-order valence-corrected chi connectivity index (χ2v) is 6.17. The van der Waals surface area contributed by atoms with Crippen molar-refractivity contribution < 1.29 is 9.59 Å². The Bertz CT molecular complexity index is 989. The molecule has 3 aromatic rings. The highest BCUT2D eigenvalue weighted by Crippen LogP contribution is 2.22. The molecule has 6 nitrogen and oxygen atoms in total. The minimum atomic E-state index is -0.830. The van der Waals surface area contributed by atoms with E-state index in [9.17, 15) is 9.59 Å². The normalized spacial score (nSPS) is 10.7. The van der Waals surface area contributed by atoms with E-state index in [0.717, 1.165) is 22.0 Å². The maximum atomic E-state index is 12.1. The number of nitrogens with zero attached hydrogens (tertiary/aromatic N) is 2. The van der Waals surface area contributed by atoms with E-state index in [1.165, 1.54) is 6.21 Å². The fourth-order valence-electron chi connectivity index (χ4n) is 2.59. The number of carbonyl (C=O) groups is 2. The predicted octanol–water partition coefficient (Wildman–Crippen LogP) is 2.99. The summed E-state index contributed by atoms with van der Waals surface area (Å²) in [5, 5.41) is 8.31. The summed E-state index contributed by atoms with van der Waals surface area (Å²) in [6, 6.07) is 20.8. The van der Waals surface area contributed by atoms with E-state index >= 15 is 0 Å². The Morgan fingerprint density at radius 1 is 0.889 bits per heavy atom. The van der Waals surface area contributed by atoms with Crippen LogP contribution in [0.5, 0.6) is 0 Å². The Kier molecular flexibility index (Phi) is 5.47. The van der Waals surface area contributed by atoms with E-state index in [4.69, 9.17) is 0 Å². The number of benzene rings is 3. The molecule has 0 unspecified atom stereocenters. The second-order valence-electron chi connectivity index (χ2n) is 6.17. The average Bonchev–Trinajstić information content (AvgIpc) is 2.68. The standard InChI is InChI=1S/C21H20N4O2/c1-25(2)17-12-10-15(11-13-17)14-22-24-21(27)20(26)23-19-9-5-7-16-6-3-4-8-18(16)19/h3-14H,1-2H3,(H,23,26)(H,24,27)/b22-14+. The highest BCUT2D eigenvalue weighted by Gasteiger charge is 2.14. The zero-order chi connectivity index (χ0) is 19.2. The first kappa shape index (κ1) is 18.1. The number of hydrogen-bond donors (Lipinski definition) is 2. The van der Waals surface area contributed by atoms with Gasteiger partial charge in [0.15, 0.2) is 0 Å². The summed E-state index contributed by atoms with van der Waals surface area (Å²) in [6.45, 7) is 0. The third kappa shape index (κ3) is 4.49. The van der Waals surface area contributed by atoms with Crippen LogP contribution in [0.25, 0.3) is 10.8 Å². The van der Waals surface area contributed by atoms with Gasteiger partial charge < -0.3 is 10.2 Å². The lowest BCUT2D eigenvalue weighted by molar-refractivity contribution is -0.136. The second kappa shape index (κ2) is 8.14. The van der Waals surface area contributed by atoms with Gasteiger partial charge >= 0.3 is 11.8 Å². The molecule has 0 aliphatic carbocycles. The first-order valence-corrected chi connectivity index (χ1v) is 8.44. The van der Waals surface area contributed by atoms with Crippen molar-refractivity contribution >= 4 is 40.2 Å². The van der Waals surface area contributed by atoms with Gasteiger partial charge in [0.1, 0.15) is 0 Å². The topological polar surface area (TPSA) is 73.8 Å². The summed E-state index contributed by atoms with van der Waals surface area (Å²) in [5.74, 6) is -1.60. The molecular weight excluding hydrogens is 340 g/mol. The van der Waals surface area contributed by atoms with Crippen LogP contribution < -0.4 is 15.6 Å². The van der Waals surface area contributed by atoms with Crippen LogP contribution in [-0.4, -0.2) is 32.1 Å². The van der Waals surface area contributed by atoms with Crippen molar-refractivity contribution in [3.63, 3.8) is 0 Å². The number of carbonyl (C=O) groups excluding carboxylic acids is 2. The first-order valence-electron chi connectivity index (χ1n) is 8.44. The number of hydrogen-bond acceptors (Lipinski definition) is 4. The molecule has 0 aliphatic heterocycles. The summed E-state index contributed by atoms with van der Waals surface area (Å²) < 4.78 is 0. The number of rotatable bonds is 4. The van der Waals surface area contributed by atoms with Crippen molar-refractivity contribution in [2.24, 2.45) is 5.10 Å². The zero-order valence-electron chi connectivity index (χ0n) is 15.1. The molecule has 3 aromatic carbocycles. The monoisotopic (exact) mass is 360 g/mol. The number of nitrogens with one attached hydrogen (secondary N) is 2. The van der Waals surface area contributed by atoms with Gasteiger partial charge in [0.2, 0.25) is 0 Å². The van der Waals surface area contributed by atoms with Crippen molar-refractivity contribution in [3.05, 3.63) is 72.3 Å². The summed E-state index contributed by atoms with van der Waals surface area (Å²) in [5.41, 5.74) is 4.70. The molecule has 0 atom stereocenters. The number of amides is 2. The van der Waals surface area contributed by atoms with Gasteiger partial charge in [0, 0.05) is 30.9 Å². The van der Waals surface area contributed by atoms with Crippen LogP contribution in [0.15, 0.2) is 71.8 Å². The molecule has 0 heterocycles. The van der Waals surface area contributed by atoms with Gasteiger partial charge in [0.05, 0.1) is 6.21 Å². The van der Waals surface area contributed by atoms with E-state index < -0.39 is 11.8 Å². The quantitative estimate of drug-likeness (QED) is 0.427. The minimum Gasteiger partial charge on any atom is -0.378 e. The van der Waals surface area contributed by atoms with Gasteiger partial charge in [-0.15, -0.1) is 0 Å². The van der Waals surface area contributed by atoms with Crippen LogP contribution in [0.2, 0.25) is 0 Å². The van der Waals surface area contributed by atoms with E-state index in [1.807, 2.05) is 79.7 Å². The molecule has 2 N–H and O–H groups in total. The first-order chi connectivity index (χ1) is 13.0. The molecule has 27 heavy (non-hydrogen) atoms. The van der Waals surface area contributed by atoms with Crippen molar-refractivity contribution in [2.45, 2.75) is 0 Å². The number of fused-ring (bicyclic) bond motifs is 1. The van der Waals surface area contributed by atoms with Gasteiger partial charge in [0.25, 0.3) is 0 Å². The third-order valence-electron chi connectivity index (χ3n) is 4.03. The minimum absolute atomic E-state index is 0.580. The Labute approximate surface area is 157 Å². The summed E-state index contributed by atoms with van der Waals surface area (Å²) >= 11 is 0. The van der Waals surface area contributed by atoms with Crippen molar-refractivity contribution in [2.75, 3.05) is 24.3 Å². The maximum absolute atomic E-state index is 12.1. The lowest BCUT2D eigenvalue weighted by Crippen LogP contribution is -2.32. The van der Waals surface area contributed by atoms with Crippen LogP contribution in [0.1, 0.15) is 5.56 Å². The lowest BCUT2D eigenvalue weighted by atomic mass is 10.1. The van der Waals surface area contributed by atoms with E-state index in [0.29, 0.717) is 5.69 Å². The van der Waals surface area contributed by atoms with E-state index in [1.54, 1.807) is 6.07 Å². The van der Waals surface area contributed by atoms with Gasteiger partial charge in [-0.2, -0.15) is 5.10 Å². The van der Waals surface area contributed by atoms with Gasteiger partial charge in [-0.1, -0.05) is 48.5 Å². The molecule has 0 saturated heterocycles. The molecule has 0 bridgehead atoms. The smallest absolute Gasteiger partial charge is 0.329 e. The van der Waals surface area contributed by atoms with Gasteiger partial charge in [-0.05, 0) is 29.1 Å². The van der Waals surface area contributed by atoms with Crippen molar-refractivity contribution in [1.82, 2.24) is 5.43 Å². The fourth-order valence-corrected chi connectivity index (χ4v) is 2.59. The fraction of sp³-hybridized carbons (Fsp3) is 0.0952. The Morgan fingerprint density at radius 2 is 1.59 bits per heavy atom. The molecule has 0 fully saturated rings. The van der Waals surface area contributed by atoms with E-state index in [2.05, 4.69) is 15.8 Å². The van der Waals surface area contributed by atoms with Crippen LogP contribution >= 0.6 is 0 Å². The maximum Gasteiger partial charge on any atom is 0.329 e. The molecule has 2 amide bonds. The van der Waals surface area contributed by atoms with Gasteiger partial charge in [-0.3, -0.25) is 9.59 Å². The molecule has 0 spiro atoms.